The summed E-state index contributed by atoms with van der Waals surface area (Å²) >= 11 is 0. The molecule has 1 aliphatic carbocycles. The highest BCUT2D eigenvalue weighted by atomic mass is 16.6. The highest BCUT2D eigenvalue weighted by Gasteiger charge is 2.68. The summed E-state index contributed by atoms with van der Waals surface area (Å²) < 4.78 is 17.3. The lowest BCUT2D eigenvalue weighted by atomic mass is 9.51. The third-order valence-electron chi connectivity index (χ3n) is 8.90. The number of rotatable bonds is 4. The van der Waals surface area contributed by atoms with Crippen LogP contribution in [0.2, 0.25) is 0 Å². The van der Waals surface area contributed by atoms with Crippen LogP contribution in [-0.2, 0) is 29.3 Å². The van der Waals surface area contributed by atoms with E-state index in [2.05, 4.69) is 0 Å². The molecule has 0 N–H and O–H groups in total. The first-order valence-electron chi connectivity index (χ1n) is 15.1. The zero-order chi connectivity index (χ0) is 32.3. The van der Waals surface area contributed by atoms with Gasteiger partial charge in [-0.1, -0.05) is 60.2 Å². The fourth-order valence-corrected chi connectivity index (χ4v) is 7.30. The molecule has 232 valence electrons. The van der Waals surface area contributed by atoms with Crippen molar-refractivity contribution in [1.82, 2.24) is 0 Å². The van der Waals surface area contributed by atoms with Gasteiger partial charge in [0.05, 0.1) is 35.1 Å². The number of ketones is 2. The van der Waals surface area contributed by atoms with E-state index in [9.17, 15) is 19.2 Å². The number of carbonyl (C=O) groups is 5. The maximum atomic E-state index is 15.1. The fraction of sp³-hybridized carbons (Fsp3) is 0.361. The number of hydrogen-bond acceptors (Lipinski definition) is 8. The summed E-state index contributed by atoms with van der Waals surface area (Å²) in [7, 11) is 0. The zero-order valence-corrected chi connectivity index (χ0v) is 25.9. The van der Waals surface area contributed by atoms with Crippen LogP contribution in [0.15, 0.2) is 72.8 Å². The lowest BCUT2D eigenvalue weighted by molar-refractivity contribution is -0.160. The predicted octanol–water partition coefficient (Wildman–Crippen LogP) is 5.71. The Balaban J connectivity index is 1.65. The number of amides is 2. The van der Waals surface area contributed by atoms with Crippen molar-refractivity contribution in [2.24, 2.45) is 11.8 Å². The SMILES string of the molecule is CCOC(=O)C(=O)[C@@H]1[C@H]2Oc3ccccc3C(=O)[C@@H]2C[C@@]2(C(=O)N(C(=O)OC(C)(C)C)c3ccccc32)[C@H]1c1cccc(C)c1. The predicted molar refractivity (Wildman–Crippen MR) is 164 cm³/mol. The van der Waals surface area contributed by atoms with Gasteiger partial charge in [-0.25, -0.2) is 14.5 Å². The Morgan fingerprint density at radius 3 is 2.40 bits per heavy atom. The number of anilines is 1. The van der Waals surface area contributed by atoms with E-state index in [4.69, 9.17) is 14.2 Å². The topological polar surface area (TPSA) is 116 Å². The standard InChI is InChI=1S/C36H35NO8/c1-6-43-32(40)30(39)27-28(21-13-11-12-20(2)18-21)36(19-23-29(38)22-14-7-10-17-26(22)44-31(23)27)24-15-8-9-16-25(24)37(33(36)41)34(42)45-35(3,4)5/h7-18,23,27-28,31H,6,19H2,1-5H3/t23-,27+,28-,31-,36-/m0/s1. The van der Waals surface area contributed by atoms with Crippen molar-refractivity contribution in [3.8, 4) is 5.75 Å². The first-order chi connectivity index (χ1) is 21.4. The van der Waals surface area contributed by atoms with E-state index in [0.29, 0.717) is 28.1 Å². The molecule has 0 unspecified atom stereocenters. The van der Waals surface area contributed by atoms with Crippen LogP contribution in [0.5, 0.6) is 5.75 Å². The van der Waals surface area contributed by atoms with E-state index < -0.39 is 58.6 Å². The number of carbonyl (C=O) groups excluding carboxylic acids is 5. The maximum Gasteiger partial charge on any atom is 0.421 e. The average Bonchev–Trinajstić information content (AvgIpc) is 3.23. The summed E-state index contributed by atoms with van der Waals surface area (Å²) in [5.74, 6) is -5.90. The van der Waals surface area contributed by atoms with Gasteiger partial charge in [0.2, 0.25) is 11.7 Å². The van der Waals surface area contributed by atoms with Crippen molar-refractivity contribution in [3.05, 3.63) is 95.1 Å². The number of hydrogen-bond donors (Lipinski definition) is 0. The van der Waals surface area contributed by atoms with Crippen molar-refractivity contribution in [2.75, 3.05) is 11.5 Å². The van der Waals surface area contributed by atoms with Crippen molar-refractivity contribution in [1.29, 1.82) is 0 Å². The zero-order valence-electron chi connectivity index (χ0n) is 25.9. The monoisotopic (exact) mass is 609 g/mol. The normalized spacial score (nSPS) is 25.1. The van der Waals surface area contributed by atoms with Crippen LogP contribution in [0.4, 0.5) is 10.5 Å². The van der Waals surface area contributed by atoms with Gasteiger partial charge in [-0.2, -0.15) is 0 Å². The number of nitrogens with zero attached hydrogens (tertiary/aromatic N) is 1. The fourth-order valence-electron chi connectivity index (χ4n) is 7.30. The molecule has 6 rings (SSSR count). The third kappa shape index (κ3) is 4.81. The molecule has 2 amide bonds. The summed E-state index contributed by atoms with van der Waals surface area (Å²) in [5.41, 5.74) is 0.0445. The third-order valence-corrected chi connectivity index (χ3v) is 8.90. The Kier molecular flexibility index (Phi) is 7.38. The molecule has 0 radical (unpaired) electrons. The second-order valence-corrected chi connectivity index (χ2v) is 12.9. The van der Waals surface area contributed by atoms with E-state index in [1.165, 1.54) is 0 Å². The Labute approximate surface area is 261 Å². The lowest BCUT2D eigenvalue weighted by Gasteiger charge is -2.52. The molecule has 0 aromatic heterocycles. The minimum atomic E-state index is -1.61. The van der Waals surface area contributed by atoms with E-state index >= 15 is 4.79 Å². The average molecular weight is 610 g/mol. The number of para-hydroxylation sites is 2. The molecule has 3 aromatic carbocycles. The molecule has 3 aromatic rings. The van der Waals surface area contributed by atoms with Gasteiger partial charge in [-0.15, -0.1) is 0 Å². The van der Waals surface area contributed by atoms with Crippen LogP contribution in [0.3, 0.4) is 0 Å². The first kappa shape index (κ1) is 30.2. The summed E-state index contributed by atoms with van der Waals surface area (Å²) in [6.07, 6.45) is -2.01. The number of aryl methyl sites for hydroxylation is 1. The minimum Gasteiger partial charge on any atom is -0.488 e. The molecule has 1 fully saturated rings. The number of imide groups is 1. The molecule has 2 aliphatic heterocycles. The second-order valence-electron chi connectivity index (χ2n) is 12.9. The van der Waals surface area contributed by atoms with Gasteiger partial charge in [-0.3, -0.25) is 14.4 Å². The number of Topliss-reactive ketones (excluding diaryl/α,β-unsaturated/α-hetero) is 2. The summed E-state index contributed by atoms with van der Waals surface area (Å²) in [6.45, 7) is 8.56. The van der Waals surface area contributed by atoms with Crippen LogP contribution in [0.1, 0.15) is 67.1 Å². The molecule has 9 nitrogen and oxygen atoms in total. The van der Waals surface area contributed by atoms with Gasteiger partial charge in [0.25, 0.3) is 0 Å². The van der Waals surface area contributed by atoms with Crippen molar-refractivity contribution in [2.45, 2.75) is 64.1 Å². The van der Waals surface area contributed by atoms with E-state index in [-0.39, 0.29) is 18.8 Å². The van der Waals surface area contributed by atoms with Gasteiger partial charge < -0.3 is 14.2 Å². The lowest BCUT2D eigenvalue weighted by Crippen LogP contribution is -2.62. The van der Waals surface area contributed by atoms with Gasteiger partial charge in [0.15, 0.2) is 5.78 Å². The quantitative estimate of drug-likeness (QED) is 0.273. The van der Waals surface area contributed by atoms with Crippen molar-refractivity contribution in [3.63, 3.8) is 0 Å². The van der Waals surface area contributed by atoms with Crippen LogP contribution in [-0.4, -0.2) is 47.8 Å². The Bertz CT molecular complexity index is 1740. The van der Waals surface area contributed by atoms with Crippen LogP contribution >= 0.6 is 0 Å². The van der Waals surface area contributed by atoms with E-state index in [0.717, 1.165) is 10.5 Å². The Hall–Kier alpha value is -4.79. The van der Waals surface area contributed by atoms with Crippen LogP contribution in [0, 0.1) is 18.8 Å². The minimum absolute atomic E-state index is 0.0392. The summed E-state index contributed by atoms with van der Waals surface area (Å²) in [6, 6.07) is 21.0. The van der Waals surface area contributed by atoms with Crippen molar-refractivity contribution < 1.29 is 38.2 Å². The second kappa shape index (κ2) is 11.0. The van der Waals surface area contributed by atoms with Gasteiger partial charge >= 0.3 is 12.1 Å². The summed E-state index contributed by atoms with van der Waals surface area (Å²) in [5, 5.41) is 0. The number of esters is 1. The number of fused-ring (bicyclic) bond motifs is 4. The molecular weight excluding hydrogens is 574 g/mol. The summed E-state index contributed by atoms with van der Waals surface area (Å²) in [4.78, 5) is 71.6. The highest BCUT2D eigenvalue weighted by Crippen LogP contribution is 2.61. The van der Waals surface area contributed by atoms with E-state index in [1.54, 1.807) is 82.3 Å². The maximum absolute atomic E-state index is 15.1. The Morgan fingerprint density at radius 1 is 0.978 bits per heavy atom. The largest absolute Gasteiger partial charge is 0.488 e. The highest BCUT2D eigenvalue weighted by molar-refractivity contribution is 6.35. The van der Waals surface area contributed by atoms with Crippen LogP contribution < -0.4 is 9.64 Å². The molecule has 1 saturated carbocycles. The molecule has 2 heterocycles. The van der Waals surface area contributed by atoms with Crippen molar-refractivity contribution >= 4 is 35.2 Å². The molecule has 0 saturated heterocycles. The molecule has 3 aliphatic rings. The number of benzene rings is 3. The molecule has 9 heteroatoms. The molecule has 5 atom stereocenters. The Morgan fingerprint density at radius 2 is 1.69 bits per heavy atom. The first-order valence-corrected chi connectivity index (χ1v) is 15.1. The van der Waals surface area contributed by atoms with Crippen LogP contribution in [0.25, 0.3) is 0 Å². The molecular formula is C36H35NO8. The molecule has 45 heavy (non-hydrogen) atoms. The van der Waals surface area contributed by atoms with Gasteiger partial charge in [0.1, 0.15) is 17.5 Å². The van der Waals surface area contributed by atoms with Gasteiger partial charge in [0, 0.05) is 5.92 Å². The molecule has 0 bridgehead atoms. The van der Waals surface area contributed by atoms with E-state index in [1.807, 2.05) is 25.1 Å². The smallest absolute Gasteiger partial charge is 0.421 e. The number of ether oxygens (including phenoxy) is 3. The van der Waals surface area contributed by atoms with Gasteiger partial charge in [-0.05, 0) is 70.4 Å². The molecule has 1 spiro atoms.